The minimum Gasteiger partial charge on any atom is -0.391 e. The minimum atomic E-state index is -0.268. The van der Waals surface area contributed by atoms with Crippen LogP contribution in [0.4, 0.5) is 0 Å². The van der Waals surface area contributed by atoms with Crippen LogP contribution in [0.15, 0.2) is 23.3 Å². The van der Waals surface area contributed by atoms with Gasteiger partial charge in [0.05, 0.1) is 12.1 Å². The van der Waals surface area contributed by atoms with Crippen LogP contribution in [0.3, 0.4) is 0 Å². The molecule has 0 aromatic carbocycles. The zero-order chi connectivity index (χ0) is 12.7. The summed E-state index contributed by atoms with van der Waals surface area (Å²) in [5.41, 5.74) is 8.12. The molecule has 1 saturated carbocycles. The van der Waals surface area contributed by atoms with E-state index in [0.29, 0.717) is 6.54 Å². The van der Waals surface area contributed by atoms with Crippen molar-refractivity contribution in [2.24, 2.45) is 5.73 Å². The van der Waals surface area contributed by atoms with E-state index in [9.17, 15) is 5.11 Å². The van der Waals surface area contributed by atoms with Gasteiger partial charge in [0.25, 0.3) is 0 Å². The van der Waals surface area contributed by atoms with Gasteiger partial charge in [0.2, 0.25) is 0 Å². The van der Waals surface area contributed by atoms with Crippen LogP contribution in [0.25, 0.3) is 0 Å². The van der Waals surface area contributed by atoms with Gasteiger partial charge in [-0.1, -0.05) is 30.2 Å². The number of rotatable bonds is 5. The van der Waals surface area contributed by atoms with Gasteiger partial charge in [-0.15, -0.1) is 0 Å². The molecule has 0 unspecified atom stereocenters. The summed E-state index contributed by atoms with van der Waals surface area (Å²) in [5, 5.41) is 13.4. The molecule has 2 atom stereocenters. The Bertz CT molecular complexity index is 284. The van der Waals surface area contributed by atoms with Crippen LogP contribution in [0.1, 0.15) is 39.5 Å². The van der Waals surface area contributed by atoms with E-state index >= 15 is 0 Å². The summed E-state index contributed by atoms with van der Waals surface area (Å²) in [6.07, 6.45) is 8.26. The zero-order valence-corrected chi connectivity index (χ0v) is 11.1. The van der Waals surface area contributed by atoms with Crippen molar-refractivity contribution in [2.45, 2.75) is 51.7 Å². The first kappa shape index (κ1) is 14.4. The van der Waals surface area contributed by atoms with Crippen molar-refractivity contribution < 1.29 is 5.11 Å². The third-order valence-electron chi connectivity index (χ3n) is 3.20. The molecule has 98 valence electrons. The van der Waals surface area contributed by atoms with Crippen LogP contribution >= 0.6 is 0 Å². The number of allylic oxidation sites excluding steroid dienone is 3. The number of hydrogen-bond donors (Lipinski definition) is 3. The maximum atomic E-state index is 10.0. The molecule has 17 heavy (non-hydrogen) atoms. The Balaban J connectivity index is 2.74. The van der Waals surface area contributed by atoms with E-state index in [2.05, 4.69) is 31.3 Å². The van der Waals surface area contributed by atoms with E-state index in [0.717, 1.165) is 32.2 Å². The molecule has 0 spiro atoms. The standard InChI is InChI=1S/C14H26N2O/c1-3-5-11(2)10-12-6-4-7-13(17)14(12)16-9-8-15/h5,10,13-14,16-17H,3-4,6-9,15H2,1-2H3/b11-5-,12-10-/t13-,14-/m0/s1. The van der Waals surface area contributed by atoms with E-state index in [4.69, 9.17) is 5.73 Å². The van der Waals surface area contributed by atoms with Gasteiger partial charge in [-0.2, -0.15) is 0 Å². The summed E-state index contributed by atoms with van der Waals surface area (Å²) in [6.45, 7) is 5.63. The molecule has 0 aliphatic heterocycles. The van der Waals surface area contributed by atoms with Crippen LogP contribution in [0.5, 0.6) is 0 Å². The summed E-state index contributed by atoms with van der Waals surface area (Å²) in [5.74, 6) is 0. The molecule has 0 saturated heterocycles. The highest BCUT2D eigenvalue weighted by atomic mass is 16.3. The molecule has 0 aromatic heterocycles. The molecule has 0 amide bonds. The molecular weight excluding hydrogens is 212 g/mol. The quantitative estimate of drug-likeness (QED) is 0.683. The zero-order valence-electron chi connectivity index (χ0n) is 11.1. The average molecular weight is 238 g/mol. The monoisotopic (exact) mass is 238 g/mol. The summed E-state index contributed by atoms with van der Waals surface area (Å²) in [7, 11) is 0. The van der Waals surface area contributed by atoms with E-state index < -0.39 is 0 Å². The Morgan fingerprint density at radius 3 is 3.00 bits per heavy atom. The highest BCUT2D eigenvalue weighted by Gasteiger charge is 2.26. The number of nitrogens with two attached hydrogens (primary N) is 1. The molecule has 0 radical (unpaired) electrons. The molecule has 0 bridgehead atoms. The second-order valence-corrected chi connectivity index (χ2v) is 4.76. The number of aliphatic hydroxyl groups excluding tert-OH is 1. The van der Waals surface area contributed by atoms with Crippen LogP contribution in [-0.2, 0) is 0 Å². The van der Waals surface area contributed by atoms with Crippen LogP contribution < -0.4 is 11.1 Å². The Kier molecular flexibility index (Phi) is 6.48. The summed E-state index contributed by atoms with van der Waals surface area (Å²) >= 11 is 0. The van der Waals surface area contributed by atoms with Crippen molar-refractivity contribution >= 4 is 0 Å². The Morgan fingerprint density at radius 1 is 1.59 bits per heavy atom. The lowest BCUT2D eigenvalue weighted by atomic mass is 9.86. The Morgan fingerprint density at radius 2 is 2.35 bits per heavy atom. The lowest BCUT2D eigenvalue weighted by molar-refractivity contribution is 0.116. The molecule has 3 nitrogen and oxygen atoms in total. The van der Waals surface area contributed by atoms with Gasteiger partial charge in [0.1, 0.15) is 0 Å². The van der Waals surface area contributed by atoms with Gasteiger partial charge in [-0.05, 0) is 32.6 Å². The van der Waals surface area contributed by atoms with Crippen molar-refractivity contribution in [2.75, 3.05) is 13.1 Å². The fourth-order valence-corrected chi connectivity index (χ4v) is 2.43. The number of hydrogen-bond acceptors (Lipinski definition) is 3. The van der Waals surface area contributed by atoms with Gasteiger partial charge in [-0.25, -0.2) is 0 Å². The lowest BCUT2D eigenvalue weighted by Crippen LogP contribution is -2.45. The first-order valence-electron chi connectivity index (χ1n) is 6.67. The molecule has 1 fully saturated rings. The molecule has 1 aliphatic rings. The molecule has 0 heterocycles. The van der Waals surface area contributed by atoms with Crippen LogP contribution in [0, 0.1) is 0 Å². The van der Waals surface area contributed by atoms with Gasteiger partial charge < -0.3 is 16.2 Å². The van der Waals surface area contributed by atoms with Crippen LogP contribution in [-0.4, -0.2) is 30.3 Å². The molecule has 1 rings (SSSR count). The summed E-state index contributed by atoms with van der Waals surface area (Å²) in [6, 6.07) is 0.0903. The highest BCUT2D eigenvalue weighted by Crippen LogP contribution is 2.25. The maximum absolute atomic E-state index is 10.0. The largest absolute Gasteiger partial charge is 0.391 e. The fourth-order valence-electron chi connectivity index (χ4n) is 2.43. The van der Waals surface area contributed by atoms with Crippen molar-refractivity contribution in [1.29, 1.82) is 0 Å². The van der Waals surface area contributed by atoms with Crippen LogP contribution in [0.2, 0.25) is 0 Å². The topological polar surface area (TPSA) is 58.3 Å². The van der Waals surface area contributed by atoms with Crippen molar-refractivity contribution in [3.05, 3.63) is 23.3 Å². The van der Waals surface area contributed by atoms with Crippen molar-refractivity contribution in [3.63, 3.8) is 0 Å². The van der Waals surface area contributed by atoms with E-state index in [1.807, 2.05) is 0 Å². The molecule has 0 aromatic rings. The van der Waals surface area contributed by atoms with Gasteiger partial charge in [-0.3, -0.25) is 0 Å². The van der Waals surface area contributed by atoms with Gasteiger partial charge >= 0.3 is 0 Å². The lowest BCUT2D eigenvalue weighted by Gasteiger charge is -2.31. The Hall–Kier alpha value is -0.640. The van der Waals surface area contributed by atoms with E-state index in [-0.39, 0.29) is 12.1 Å². The molecule has 4 N–H and O–H groups in total. The van der Waals surface area contributed by atoms with Gasteiger partial charge in [0.15, 0.2) is 0 Å². The van der Waals surface area contributed by atoms with Crippen molar-refractivity contribution in [1.82, 2.24) is 5.32 Å². The SMILES string of the molecule is CC/C=C(C)\C=C1\CCC[C@H](O)[C@H]1NCCN. The summed E-state index contributed by atoms with van der Waals surface area (Å²) < 4.78 is 0. The first-order valence-corrected chi connectivity index (χ1v) is 6.67. The molecular formula is C14H26N2O. The normalized spacial score (nSPS) is 28.7. The fraction of sp³-hybridized carbons (Fsp3) is 0.714. The van der Waals surface area contributed by atoms with E-state index in [1.54, 1.807) is 0 Å². The third kappa shape index (κ3) is 4.62. The van der Waals surface area contributed by atoms with E-state index in [1.165, 1.54) is 11.1 Å². The first-order chi connectivity index (χ1) is 8.19. The minimum absolute atomic E-state index is 0.0903. The highest BCUT2D eigenvalue weighted by molar-refractivity contribution is 5.27. The third-order valence-corrected chi connectivity index (χ3v) is 3.20. The maximum Gasteiger partial charge on any atom is 0.0731 e. The second kappa shape index (κ2) is 7.64. The second-order valence-electron chi connectivity index (χ2n) is 4.76. The summed E-state index contributed by atoms with van der Waals surface area (Å²) in [4.78, 5) is 0. The molecule has 3 heteroatoms. The predicted molar refractivity (Wildman–Crippen MR) is 72.8 cm³/mol. The van der Waals surface area contributed by atoms with Gasteiger partial charge in [0, 0.05) is 13.1 Å². The smallest absolute Gasteiger partial charge is 0.0731 e. The molecule has 1 aliphatic carbocycles. The van der Waals surface area contributed by atoms with Crippen molar-refractivity contribution in [3.8, 4) is 0 Å². The number of aliphatic hydroxyl groups is 1. The predicted octanol–water partition coefficient (Wildman–Crippen LogP) is 1.73. The average Bonchev–Trinajstić information content (AvgIpc) is 2.28. The Labute approximate surface area is 105 Å². The number of nitrogens with one attached hydrogen (secondary N) is 1.